The molecule has 0 N–H and O–H groups in total. The van der Waals surface area contributed by atoms with E-state index in [1.165, 1.54) is 32.1 Å². The van der Waals surface area contributed by atoms with Crippen molar-refractivity contribution in [2.45, 2.75) is 32.1 Å². The van der Waals surface area contributed by atoms with E-state index in [-0.39, 0.29) is 0 Å². The van der Waals surface area contributed by atoms with Gasteiger partial charge in [0.25, 0.3) is 0 Å². The molecule has 0 aromatic heterocycles. The summed E-state index contributed by atoms with van der Waals surface area (Å²) in [6, 6.07) is 7.74. The third-order valence-electron chi connectivity index (χ3n) is 3.24. The van der Waals surface area contributed by atoms with Crippen LogP contribution < -0.4 is 4.74 Å². The predicted octanol–water partition coefficient (Wildman–Crippen LogP) is 3.63. The Morgan fingerprint density at radius 2 is 1.72 bits per heavy atom. The van der Waals surface area contributed by atoms with E-state index in [0.29, 0.717) is 5.92 Å². The van der Waals surface area contributed by atoms with Crippen LogP contribution in [0.2, 0.25) is 0 Å². The van der Waals surface area contributed by atoms with Crippen molar-refractivity contribution < 1.29 is 4.74 Å². The number of ether oxygens (including phenoxy) is 1. The number of methoxy groups -OCH3 is 1. The lowest BCUT2D eigenvalue weighted by molar-refractivity contribution is 0.415. The molecule has 1 heteroatoms. The van der Waals surface area contributed by atoms with Crippen molar-refractivity contribution in [2.24, 2.45) is 5.92 Å². The summed E-state index contributed by atoms with van der Waals surface area (Å²) in [7, 11) is 1.66. The molecule has 1 aromatic carbocycles. The first-order chi connectivity index (χ1) is 8.88. The summed E-state index contributed by atoms with van der Waals surface area (Å²) < 4.78 is 5.10. The van der Waals surface area contributed by atoms with Crippen molar-refractivity contribution in [3.8, 4) is 29.4 Å². The third-order valence-corrected chi connectivity index (χ3v) is 3.24. The average Bonchev–Trinajstić information content (AvgIpc) is 2.45. The Hall–Kier alpha value is -1.86. The van der Waals surface area contributed by atoms with Gasteiger partial charge in [0.05, 0.1) is 7.11 Å². The molecule has 0 saturated heterocycles. The van der Waals surface area contributed by atoms with Gasteiger partial charge in [0.1, 0.15) is 5.75 Å². The zero-order valence-electron chi connectivity index (χ0n) is 10.8. The minimum Gasteiger partial charge on any atom is -0.497 e. The first-order valence-corrected chi connectivity index (χ1v) is 6.54. The van der Waals surface area contributed by atoms with Crippen LogP contribution in [0.1, 0.15) is 37.7 Å². The van der Waals surface area contributed by atoms with E-state index in [4.69, 9.17) is 4.74 Å². The molecule has 0 bridgehead atoms. The van der Waals surface area contributed by atoms with Crippen molar-refractivity contribution in [2.75, 3.05) is 7.11 Å². The van der Waals surface area contributed by atoms with Crippen LogP contribution >= 0.6 is 0 Å². The first-order valence-electron chi connectivity index (χ1n) is 6.54. The molecule has 2 rings (SSSR count). The molecule has 0 heterocycles. The Bertz CT molecular complexity index is 484. The minimum absolute atomic E-state index is 0.573. The van der Waals surface area contributed by atoms with E-state index in [1.807, 2.05) is 24.3 Å². The van der Waals surface area contributed by atoms with E-state index in [9.17, 15) is 0 Å². The van der Waals surface area contributed by atoms with Gasteiger partial charge in [-0.2, -0.15) is 0 Å². The number of hydrogen-bond acceptors (Lipinski definition) is 1. The molecule has 92 valence electrons. The van der Waals surface area contributed by atoms with Crippen LogP contribution in [0.25, 0.3) is 0 Å². The lowest BCUT2D eigenvalue weighted by Gasteiger charge is -2.15. The van der Waals surface area contributed by atoms with Crippen LogP contribution in [0.3, 0.4) is 0 Å². The highest BCUT2D eigenvalue weighted by Gasteiger charge is 2.09. The fraction of sp³-hybridized carbons (Fsp3) is 0.412. The molecule has 1 aromatic rings. The second kappa shape index (κ2) is 6.77. The topological polar surface area (TPSA) is 9.23 Å². The zero-order chi connectivity index (χ0) is 12.6. The Balaban J connectivity index is 1.92. The fourth-order valence-electron chi connectivity index (χ4n) is 2.16. The molecule has 0 spiro atoms. The summed E-state index contributed by atoms with van der Waals surface area (Å²) in [6.45, 7) is 0. The van der Waals surface area contributed by atoms with Gasteiger partial charge in [-0.3, -0.25) is 0 Å². The lowest BCUT2D eigenvalue weighted by atomic mass is 9.90. The van der Waals surface area contributed by atoms with Crippen LogP contribution in [-0.4, -0.2) is 7.11 Å². The van der Waals surface area contributed by atoms with E-state index >= 15 is 0 Å². The summed E-state index contributed by atoms with van der Waals surface area (Å²) in [5.41, 5.74) is 0.980. The maximum atomic E-state index is 5.10. The molecule has 18 heavy (non-hydrogen) atoms. The summed E-state index contributed by atoms with van der Waals surface area (Å²) in [6.07, 6.45) is 6.51. The van der Waals surface area contributed by atoms with Gasteiger partial charge in [-0.25, -0.2) is 0 Å². The van der Waals surface area contributed by atoms with Gasteiger partial charge >= 0.3 is 0 Å². The SMILES string of the molecule is COc1ccc(C#CC#CC2CCCCC2)cc1. The van der Waals surface area contributed by atoms with Crippen LogP contribution in [-0.2, 0) is 0 Å². The molecule has 0 radical (unpaired) electrons. The van der Waals surface area contributed by atoms with E-state index in [1.54, 1.807) is 7.11 Å². The molecule has 1 nitrogen and oxygen atoms in total. The van der Waals surface area contributed by atoms with Crippen LogP contribution in [0.4, 0.5) is 0 Å². The molecule has 0 unspecified atom stereocenters. The Kier molecular flexibility index (Phi) is 4.74. The van der Waals surface area contributed by atoms with Crippen molar-refractivity contribution in [3.05, 3.63) is 29.8 Å². The minimum atomic E-state index is 0.573. The maximum Gasteiger partial charge on any atom is 0.118 e. The fourth-order valence-corrected chi connectivity index (χ4v) is 2.16. The smallest absolute Gasteiger partial charge is 0.118 e. The number of rotatable bonds is 1. The lowest BCUT2D eigenvalue weighted by Crippen LogP contribution is -2.02. The quantitative estimate of drug-likeness (QED) is 0.679. The van der Waals surface area contributed by atoms with Crippen molar-refractivity contribution in [1.29, 1.82) is 0 Å². The number of hydrogen-bond donors (Lipinski definition) is 0. The van der Waals surface area contributed by atoms with Gasteiger partial charge in [-0.1, -0.05) is 31.1 Å². The zero-order valence-corrected chi connectivity index (χ0v) is 10.8. The molecule has 0 amide bonds. The van der Waals surface area contributed by atoms with E-state index in [0.717, 1.165) is 11.3 Å². The molecule has 1 aliphatic rings. The van der Waals surface area contributed by atoms with Gasteiger partial charge in [0.2, 0.25) is 0 Å². The molecule has 1 saturated carbocycles. The Morgan fingerprint density at radius 1 is 1.00 bits per heavy atom. The molecule has 0 aliphatic heterocycles. The molecule has 0 atom stereocenters. The molecule has 1 aliphatic carbocycles. The average molecular weight is 238 g/mol. The molecule has 1 fully saturated rings. The highest BCUT2D eigenvalue weighted by Crippen LogP contribution is 2.22. The van der Waals surface area contributed by atoms with Gasteiger partial charge in [-0.15, -0.1) is 0 Å². The van der Waals surface area contributed by atoms with Gasteiger partial charge in [0.15, 0.2) is 0 Å². The summed E-state index contributed by atoms with van der Waals surface area (Å²) in [4.78, 5) is 0. The summed E-state index contributed by atoms with van der Waals surface area (Å²) in [5, 5.41) is 0. The Morgan fingerprint density at radius 3 is 2.39 bits per heavy atom. The standard InChI is InChI=1S/C17H18O/c1-18-17-13-11-16(12-14-17)10-6-5-9-15-7-3-2-4-8-15/h11-15H,2-4,7-8H2,1H3. The largest absolute Gasteiger partial charge is 0.497 e. The van der Waals surface area contributed by atoms with Crippen molar-refractivity contribution >= 4 is 0 Å². The summed E-state index contributed by atoms with van der Waals surface area (Å²) in [5.74, 6) is 13.7. The first kappa shape index (κ1) is 12.6. The maximum absolute atomic E-state index is 5.10. The predicted molar refractivity (Wildman–Crippen MR) is 74.2 cm³/mol. The molecular weight excluding hydrogens is 220 g/mol. The van der Waals surface area contributed by atoms with Gasteiger partial charge < -0.3 is 4.74 Å². The highest BCUT2D eigenvalue weighted by atomic mass is 16.5. The van der Waals surface area contributed by atoms with Gasteiger partial charge in [-0.05, 0) is 48.9 Å². The third kappa shape index (κ3) is 3.86. The molecular formula is C17H18O. The van der Waals surface area contributed by atoms with Crippen LogP contribution in [0.15, 0.2) is 24.3 Å². The second-order valence-electron chi connectivity index (χ2n) is 4.58. The van der Waals surface area contributed by atoms with Gasteiger partial charge in [0, 0.05) is 11.5 Å². The van der Waals surface area contributed by atoms with E-state index in [2.05, 4.69) is 23.7 Å². The summed E-state index contributed by atoms with van der Waals surface area (Å²) >= 11 is 0. The Labute approximate surface area is 110 Å². The monoisotopic (exact) mass is 238 g/mol. The van der Waals surface area contributed by atoms with Crippen LogP contribution in [0, 0.1) is 29.6 Å². The van der Waals surface area contributed by atoms with Crippen molar-refractivity contribution in [3.63, 3.8) is 0 Å². The van der Waals surface area contributed by atoms with Crippen molar-refractivity contribution in [1.82, 2.24) is 0 Å². The van der Waals surface area contributed by atoms with E-state index < -0.39 is 0 Å². The van der Waals surface area contributed by atoms with Crippen LogP contribution in [0.5, 0.6) is 5.75 Å². The highest BCUT2D eigenvalue weighted by molar-refractivity contribution is 5.42. The number of benzene rings is 1. The second-order valence-corrected chi connectivity index (χ2v) is 4.58. The normalized spacial score (nSPS) is 14.9.